The predicted octanol–water partition coefficient (Wildman–Crippen LogP) is 2.21. The average Bonchev–Trinajstić information content (AvgIpc) is 3.55. The normalized spacial score (nSPS) is 19.1. The lowest BCUT2D eigenvalue weighted by molar-refractivity contribution is -0.119. The molecule has 4 aromatic rings. The molecule has 3 aromatic heterocycles. The Hall–Kier alpha value is -3.59. The van der Waals surface area contributed by atoms with Gasteiger partial charge in [-0.15, -0.1) is 5.10 Å². The molecule has 0 unspecified atom stereocenters. The molecule has 2 fully saturated rings. The first-order valence-electron chi connectivity index (χ1n) is 11.0. The lowest BCUT2D eigenvalue weighted by Crippen LogP contribution is -2.43. The number of fused-ring (bicyclic) bond motifs is 2. The number of rotatable bonds is 5. The van der Waals surface area contributed by atoms with Crippen molar-refractivity contribution in [1.29, 1.82) is 0 Å². The summed E-state index contributed by atoms with van der Waals surface area (Å²) in [6.45, 7) is 4.29. The van der Waals surface area contributed by atoms with Crippen molar-refractivity contribution in [3.05, 3.63) is 42.6 Å². The summed E-state index contributed by atoms with van der Waals surface area (Å²) in [4.78, 5) is 18.3. The molecule has 1 aromatic carbocycles. The maximum Gasteiger partial charge on any atom is 0.231 e. The van der Waals surface area contributed by atoms with Crippen molar-refractivity contribution >= 4 is 28.2 Å². The van der Waals surface area contributed by atoms with Gasteiger partial charge in [0.1, 0.15) is 17.9 Å². The summed E-state index contributed by atoms with van der Waals surface area (Å²) in [5.74, 6) is 1.27. The van der Waals surface area contributed by atoms with Gasteiger partial charge in [0.25, 0.3) is 0 Å². The third-order valence-corrected chi connectivity index (χ3v) is 6.10. The number of carbonyl (C=O) groups is 1. The number of hydrogen-bond acceptors (Lipinski definition) is 7. The number of anilines is 1. The molecule has 1 atom stereocenters. The Bertz CT molecular complexity index is 1290. The van der Waals surface area contributed by atoms with E-state index < -0.39 is 0 Å². The molecule has 9 nitrogen and oxygen atoms in total. The number of furan rings is 1. The molecule has 1 amide bonds. The summed E-state index contributed by atoms with van der Waals surface area (Å²) in [7, 11) is 0. The van der Waals surface area contributed by atoms with Gasteiger partial charge in [0, 0.05) is 49.7 Å². The molecule has 164 valence electrons. The van der Waals surface area contributed by atoms with E-state index in [1.807, 2.05) is 18.2 Å². The van der Waals surface area contributed by atoms with Crippen LogP contribution in [0.15, 0.2) is 47.0 Å². The Balaban J connectivity index is 1.32. The zero-order chi connectivity index (χ0) is 21.5. The van der Waals surface area contributed by atoms with E-state index in [0.29, 0.717) is 30.3 Å². The van der Waals surface area contributed by atoms with E-state index in [2.05, 4.69) is 37.7 Å². The van der Waals surface area contributed by atoms with E-state index in [4.69, 9.17) is 9.15 Å². The molecular weight excluding hydrogens is 408 g/mol. The number of amides is 1. The van der Waals surface area contributed by atoms with Gasteiger partial charge in [-0.05, 0) is 30.7 Å². The summed E-state index contributed by atoms with van der Waals surface area (Å²) in [6.07, 6.45) is 3.10. The third-order valence-electron chi connectivity index (χ3n) is 6.10. The van der Waals surface area contributed by atoms with Gasteiger partial charge in [-0.1, -0.05) is 6.07 Å². The maximum atomic E-state index is 11.4. The molecule has 32 heavy (non-hydrogen) atoms. The van der Waals surface area contributed by atoms with E-state index >= 15 is 0 Å². The molecule has 2 N–H and O–H groups in total. The number of benzene rings is 1. The SMILES string of the molecule is O=C1CC[C@H](COc2ccc3ncc(-c4cc5c(N6CCNCC6)cccc5o4)n3n2)N1. The van der Waals surface area contributed by atoms with E-state index in [9.17, 15) is 4.79 Å². The summed E-state index contributed by atoms with van der Waals surface area (Å²) in [6, 6.07) is 11.9. The van der Waals surface area contributed by atoms with Crippen LogP contribution in [0, 0.1) is 0 Å². The van der Waals surface area contributed by atoms with Gasteiger partial charge in [0.05, 0.1) is 12.2 Å². The molecule has 6 rings (SSSR count). The highest BCUT2D eigenvalue weighted by Gasteiger charge is 2.22. The quantitative estimate of drug-likeness (QED) is 0.499. The van der Waals surface area contributed by atoms with Crippen molar-refractivity contribution in [1.82, 2.24) is 25.2 Å². The van der Waals surface area contributed by atoms with Crippen LogP contribution in [0.2, 0.25) is 0 Å². The summed E-state index contributed by atoms with van der Waals surface area (Å²) in [5.41, 5.74) is 3.50. The number of piperazine rings is 1. The largest absolute Gasteiger partial charge is 0.474 e. The molecule has 0 aliphatic carbocycles. The van der Waals surface area contributed by atoms with Gasteiger partial charge in [0.2, 0.25) is 11.8 Å². The van der Waals surface area contributed by atoms with Crippen molar-refractivity contribution in [3.8, 4) is 17.3 Å². The van der Waals surface area contributed by atoms with Crippen LogP contribution in [-0.4, -0.2) is 59.3 Å². The van der Waals surface area contributed by atoms with Crippen LogP contribution in [0.5, 0.6) is 5.88 Å². The molecule has 0 radical (unpaired) electrons. The Morgan fingerprint density at radius 3 is 2.94 bits per heavy atom. The minimum Gasteiger partial charge on any atom is -0.474 e. The first kappa shape index (κ1) is 19.1. The third kappa shape index (κ3) is 3.44. The number of imidazole rings is 1. The van der Waals surface area contributed by atoms with E-state index in [0.717, 1.165) is 49.3 Å². The Kier molecular flexibility index (Phi) is 4.68. The summed E-state index contributed by atoms with van der Waals surface area (Å²) >= 11 is 0. The lowest BCUT2D eigenvalue weighted by atomic mass is 10.1. The number of carbonyl (C=O) groups excluding carboxylic acids is 1. The average molecular weight is 432 g/mol. The standard InChI is InChI=1S/C23H24N6O3/c30-22-6-4-15(26-22)14-31-23-7-5-21-25-13-18(29(21)27-23)20-12-16-17(2-1-3-19(16)32-20)28-10-8-24-9-11-28/h1-3,5,7,12-13,15,24H,4,6,8-11,14H2,(H,26,30)/t15-/m1/s1. The second kappa shape index (κ2) is 7.83. The first-order chi connectivity index (χ1) is 15.7. The zero-order valence-electron chi connectivity index (χ0n) is 17.6. The minimum atomic E-state index is 0.0287. The van der Waals surface area contributed by atoms with Gasteiger partial charge in [-0.2, -0.15) is 0 Å². The molecule has 5 heterocycles. The van der Waals surface area contributed by atoms with E-state index in [-0.39, 0.29) is 11.9 Å². The van der Waals surface area contributed by atoms with Crippen LogP contribution >= 0.6 is 0 Å². The van der Waals surface area contributed by atoms with Crippen LogP contribution < -0.4 is 20.3 Å². The lowest BCUT2D eigenvalue weighted by Gasteiger charge is -2.29. The molecular formula is C23H24N6O3. The molecule has 2 aliphatic rings. The van der Waals surface area contributed by atoms with Gasteiger partial charge in [0.15, 0.2) is 11.4 Å². The van der Waals surface area contributed by atoms with Crippen molar-refractivity contribution < 1.29 is 13.9 Å². The number of ether oxygens (including phenoxy) is 1. The summed E-state index contributed by atoms with van der Waals surface area (Å²) < 4.78 is 13.8. The smallest absolute Gasteiger partial charge is 0.231 e. The van der Waals surface area contributed by atoms with Gasteiger partial charge < -0.3 is 24.7 Å². The van der Waals surface area contributed by atoms with E-state index in [1.54, 1.807) is 16.8 Å². The molecule has 2 aliphatic heterocycles. The van der Waals surface area contributed by atoms with E-state index in [1.165, 1.54) is 5.69 Å². The van der Waals surface area contributed by atoms with Gasteiger partial charge in [-0.25, -0.2) is 9.50 Å². The number of hydrogen-bond donors (Lipinski definition) is 2. The van der Waals surface area contributed by atoms with Crippen LogP contribution in [-0.2, 0) is 4.79 Å². The number of nitrogens with zero attached hydrogens (tertiary/aromatic N) is 4. The number of nitrogens with one attached hydrogen (secondary N) is 2. The first-order valence-corrected chi connectivity index (χ1v) is 11.0. The van der Waals surface area contributed by atoms with Crippen LogP contribution in [0.25, 0.3) is 28.1 Å². The van der Waals surface area contributed by atoms with Crippen molar-refractivity contribution in [2.45, 2.75) is 18.9 Å². The topological polar surface area (TPSA) is 96.9 Å². The van der Waals surface area contributed by atoms with Crippen LogP contribution in [0.1, 0.15) is 12.8 Å². The van der Waals surface area contributed by atoms with Crippen molar-refractivity contribution in [2.75, 3.05) is 37.7 Å². The monoisotopic (exact) mass is 432 g/mol. The maximum absolute atomic E-state index is 11.4. The fourth-order valence-corrected chi connectivity index (χ4v) is 4.44. The van der Waals surface area contributed by atoms with Crippen molar-refractivity contribution in [3.63, 3.8) is 0 Å². The molecule has 0 bridgehead atoms. The molecule has 9 heteroatoms. The molecule has 0 saturated carbocycles. The Labute approximate surface area is 184 Å². The highest BCUT2D eigenvalue weighted by molar-refractivity contribution is 5.94. The molecule has 0 spiro atoms. The highest BCUT2D eigenvalue weighted by atomic mass is 16.5. The van der Waals surface area contributed by atoms with Crippen LogP contribution in [0.3, 0.4) is 0 Å². The molecule has 2 saturated heterocycles. The number of aromatic nitrogens is 3. The fourth-order valence-electron chi connectivity index (χ4n) is 4.44. The second-order valence-electron chi connectivity index (χ2n) is 8.24. The Morgan fingerprint density at radius 1 is 1.19 bits per heavy atom. The predicted molar refractivity (Wildman–Crippen MR) is 120 cm³/mol. The van der Waals surface area contributed by atoms with Crippen LogP contribution in [0.4, 0.5) is 5.69 Å². The van der Waals surface area contributed by atoms with Crippen molar-refractivity contribution in [2.24, 2.45) is 0 Å². The summed E-state index contributed by atoms with van der Waals surface area (Å²) in [5, 5.41) is 12.0. The van der Waals surface area contributed by atoms with Gasteiger partial charge in [-0.3, -0.25) is 4.79 Å². The minimum absolute atomic E-state index is 0.0287. The van der Waals surface area contributed by atoms with Gasteiger partial charge >= 0.3 is 0 Å². The fraction of sp³-hybridized carbons (Fsp3) is 0.348. The highest BCUT2D eigenvalue weighted by Crippen LogP contribution is 2.34. The Morgan fingerprint density at radius 2 is 2.09 bits per heavy atom. The zero-order valence-corrected chi connectivity index (χ0v) is 17.6. The second-order valence-corrected chi connectivity index (χ2v) is 8.24.